The van der Waals surface area contributed by atoms with Crippen molar-refractivity contribution in [3.8, 4) is 0 Å². The molecule has 0 spiro atoms. The molecule has 1 amide bonds. The predicted molar refractivity (Wildman–Crippen MR) is 108 cm³/mol. The highest BCUT2D eigenvalue weighted by molar-refractivity contribution is 8.00. The summed E-state index contributed by atoms with van der Waals surface area (Å²) in [4.78, 5) is 15.3. The van der Waals surface area contributed by atoms with Crippen LogP contribution >= 0.6 is 23.1 Å². The number of ether oxygens (including phenoxy) is 1. The maximum Gasteiger partial charge on any atom is 0.289 e. The third-order valence-electron chi connectivity index (χ3n) is 5.76. The Balaban J connectivity index is 1.47. The summed E-state index contributed by atoms with van der Waals surface area (Å²) in [6.45, 7) is 5.21. The number of rotatable bonds is 4. The summed E-state index contributed by atoms with van der Waals surface area (Å²) in [6.07, 6.45) is 0. The lowest BCUT2D eigenvalue weighted by Gasteiger charge is -2.21. The average molecular weight is 400 g/mol. The molecule has 4 heterocycles. The molecule has 0 radical (unpaired) electrons. The summed E-state index contributed by atoms with van der Waals surface area (Å²) in [6, 6.07) is 12.1. The molecule has 0 bridgehead atoms. The van der Waals surface area contributed by atoms with Crippen molar-refractivity contribution in [2.75, 3.05) is 26.3 Å². The first-order chi connectivity index (χ1) is 13.1. The molecular formula is C21H21NO3S2. The van der Waals surface area contributed by atoms with Gasteiger partial charge in [-0.15, -0.1) is 23.1 Å². The fourth-order valence-corrected chi connectivity index (χ4v) is 5.98. The molecule has 2 aliphatic rings. The molecule has 6 heteroatoms. The van der Waals surface area contributed by atoms with Gasteiger partial charge in [-0.2, -0.15) is 0 Å². The number of hydrogen-bond acceptors (Lipinski definition) is 5. The van der Waals surface area contributed by atoms with Crippen molar-refractivity contribution in [2.24, 2.45) is 11.3 Å². The third-order valence-corrected chi connectivity index (χ3v) is 7.92. The van der Waals surface area contributed by atoms with Crippen LogP contribution in [0.4, 0.5) is 0 Å². The molecule has 5 rings (SSSR count). The van der Waals surface area contributed by atoms with E-state index in [1.54, 1.807) is 23.1 Å². The molecule has 2 fully saturated rings. The highest BCUT2D eigenvalue weighted by Crippen LogP contribution is 2.42. The van der Waals surface area contributed by atoms with Gasteiger partial charge in [0.1, 0.15) is 5.58 Å². The molecule has 2 aliphatic heterocycles. The summed E-state index contributed by atoms with van der Waals surface area (Å²) in [7, 11) is 0. The summed E-state index contributed by atoms with van der Waals surface area (Å²) >= 11 is 3.48. The normalized spacial score (nSPS) is 24.6. The van der Waals surface area contributed by atoms with Gasteiger partial charge in [0.25, 0.3) is 5.91 Å². The zero-order valence-corrected chi connectivity index (χ0v) is 16.8. The summed E-state index contributed by atoms with van der Waals surface area (Å²) in [5.74, 6) is 1.68. The van der Waals surface area contributed by atoms with Crippen LogP contribution in [0.1, 0.15) is 23.0 Å². The van der Waals surface area contributed by atoms with E-state index in [1.807, 2.05) is 29.2 Å². The standard InChI is InChI=1S/C21H21NO3S2/c1-21-12-22(9-14(21)10-24-13-21)20(23)19-16(11-27-18-7-4-8-26-18)15-5-2-3-6-17(15)25-19/h2-8,14H,9-13H2,1H3. The van der Waals surface area contributed by atoms with Crippen molar-refractivity contribution >= 4 is 40.0 Å². The van der Waals surface area contributed by atoms with Crippen molar-refractivity contribution < 1.29 is 13.9 Å². The van der Waals surface area contributed by atoms with E-state index in [9.17, 15) is 4.79 Å². The van der Waals surface area contributed by atoms with Crippen LogP contribution in [0.25, 0.3) is 11.0 Å². The molecule has 0 aliphatic carbocycles. The van der Waals surface area contributed by atoms with Crippen LogP contribution in [0.5, 0.6) is 0 Å². The van der Waals surface area contributed by atoms with E-state index in [1.165, 1.54) is 4.21 Å². The Labute approximate surface area is 166 Å². The number of amides is 1. The number of hydrogen-bond donors (Lipinski definition) is 0. The summed E-state index contributed by atoms with van der Waals surface area (Å²) in [5.41, 5.74) is 1.87. The van der Waals surface area contributed by atoms with Crippen molar-refractivity contribution in [3.05, 3.63) is 53.1 Å². The van der Waals surface area contributed by atoms with Crippen molar-refractivity contribution in [1.29, 1.82) is 0 Å². The second-order valence-electron chi connectivity index (χ2n) is 7.68. The quantitative estimate of drug-likeness (QED) is 0.586. The highest BCUT2D eigenvalue weighted by Gasteiger charge is 2.49. The molecular weight excluding hydrogens is 378 g/mol. The van der Waals surface area contributed by atoms with Gasteiger partial charge in [0.05, 0.1) is 17.4 Å². The Kier molecular flexibility index (Phi) is 4.30. The van der Waals surface area contributed by atoms with Crippen LogP contribution in [0, 0.1) is 11.3 Å². The predicted octanol–water partition coefficient (Wildman–Crippen LogP) is 4.90. The second-order valence-corrected chi connectivity index (χ2v) is 9.90. The maximum atomic E-state index is 13.4. The van der Waals surface area contributed by atoms with Gasteiger partial charge in [0.15, 0.2) is 5.76 Å². The lowest BCUT2D eigenvalue weighted by atomic mass is 9.83. The number of para-hydroxylation sites is 1. The van der Waals surface area contributed by atoms with Crippen LogP contribution in [0.15, 0.2) is 50.4 Å². The molecule has 4 nitrogen and oxygen atoms in total. The van der Waals surface area contributed by atoms with Gasteiger partial charge in [-0.3, -0.25) is 4.79 Å². The first kappa shape index (κ1) is 17.3. The third kappa shape index (κ3) is 3.00. The number of nitrogens with zero attached hydrogens (tertiary/aromatic N) is 1. The fourth-order valence-electron chi connectivity index (χ4n) is 4.17. The molecule has 2 aromatic heterocycles. The van der Waals surface area contributed by atoms with E-state index in [2.05, 4.69) is 24.4 Å². The van der Waals surface area contributed by atoms with Crippen molar-refractivity contribution in [1.82, 2.24) is 4.90 Å². The smallest absolute Gasteiger partial charge is 0.289 e. The minimum atomic E-state index is 0.0172. The molecule has 2 saturated heterocycles. The van der Waals surface area contributed by atoms with Crippen LogP contribution in [0.2, 0.25) is 0 Å². The molecule has 27 heavy (non-hydrogen) atoms. The summed E-state index contributed by atoms with van der Waals surface area (Å²) < 4.78 is 13.0. The van der Waals surface area contributed by atoms with Gasteiger partial charge in [-0.1, -0.05) is 31.2 Å². The minimum absolute atomic E-state index is 0.0172. The molecule has 140 valence electrons. The van der Waals surface area contributed by atoms with E-state index >= 15 is 0 Å². The van der Waals surface area contributed by atoms with Crippen molar-refractivity contribution in [2.45, 2.75) is 16.9 Å². The maximum absolute atomic E-state index is 13.4. The largest absolute Gasteiger partial charge is 0.451 e. The van der Waals surface area contributed by atoms with Gasteiger partial charge in [-0.05, 0) is 17.5 Å². The zero-order chi connectivity index (χ0) is 18.4. The molecule has 1 aromatic carbocycles. The monoisotopic (exact) mass is 399 g/mol. The van der Waals surface area contributed by atoms with Gasteiger partial charge < -0.3 is 14.1 Å². The highest BCUT2D eigenvalue weighted by atomic mass is 32.2. The molecule has 2 unspecified atom stereocenters. The number of carbonyl (C=O) groups is 1. The van der Waals surface area contributed by atoms with Gasteiger partial charge in [-0.25, -0.2) is 0 Å². The topological polar surface area (TPSA) is 42.7 Å². The van der Waals surface area contributed by atoms with Crippen molar-refractivity contribution in [3.63, 3.8) is 0 Å². The first-order valence-electron chi connectivity index (χ1n) is 9.18. The number of carbonyl (C=O) groups excluding carboxylic acids is 1. The van der Waals surface area contributed by atoms with E-state index in [0.29, 0.717) is 11.7 Å². The van der Waals surface area contributed by atoms with E-state index in [0.717, 1.165) is 48.6 Å². The number of likely N-dealkylation sites (tertiary alicyclic amines) is 1. The van der Waals surface area contributed by atoms with Crippen LogP contribution < -0.4 is 0 Å². The van der Waals surface area contributed by atoms with E-state index < -0.39 is 0 Å². The van der Waals surface area contributed by atoms with E-state index in [-0.39, 0.29) is 11.3 Å². The fraction of sp³-hybridized carbons (Fsp3) is 0.381. The second kappa shape index (κ2) is 6.69. The Morgan fingerprint density at radius 3 is 3.04 bits per heavy atom. The van der Waals surface area contributed by atoms with Crippen LogP contribution in [-0.2, 0) is 10.5 Å². The van der Waals surface area contributed by atoms with Gasteiger partial charge >= 0.3 is 0 Å². The minimum Gasteiger partial charge on any atom is -0.451 e. The number of furan rings is 1. The van der Waals surface area contributed by atoms with Gasteiger partial charge in [0.2, 0.25) is 0 Å². The lowest BCUT2D eigenvalue weighted by molar-refractivity contribution is 0.0698. The van der Waals surface area contributed by atoms with Gasteiger partial charge in [0, 0.05) is 41.1 Å². The number of fused-ring (bicyclic) bond motifs is 2. The SMILES string of the molecule is CC12COCC1CN(C(=O)c1oc3ccccc3c1CSc1cccs1)C2. The molecule has 0 N–H and O–H groups in total. The number of thioether (sulfide) groups is 1. The Morgan fingerprint density at radius 2 is 2.22 bits per heavy atom. The molecule has 0 saturated carbocycles. The Bertz CT molecular complexity index is 981. The molecule has 2 atom stereocenters. The van der Waals surface area contributed by atoms with Crippen LogP contribution in [0.3, 0.4) is 0 Å². The van der Waals surface area contributed by atoms with Crippen LogP contribution in [-0.4, -0.2) is 37.1 Å². The number of benzene rings is 1. The Morgan fingerprint density at radius 1 is 1.33 bits per heavy atom. The summed E-state index contributed by atoms with van der Waals surface area (Å²) in [5, 5.41) is 3.12. The average Bonchev–Trinajstić information content (AvgIpc) is 3.41. The first-order valence-corrected chi connectivity index (χ1v) is 11.0. The number of thiophene rings is 1. The lowest BCUT2D eigenvalue weighted by Crippen LogP contribution is -2.32. The van der Waals surface area contributed by atoms with E-state index in [4.69, 9.17) is 9.15 Å². The Hall–Kier alpha value is -1.76. The zero-order valence-electron chi connectivity index (χ0n) is 15.1. The molecule has 3 aromatic rings.